The van der Waals surface area contributed by atoms with E-state index < -0.39 is 0 Å². The molecule has 0 spiro atoms. The maximum absolute atomic E-state index is 6.27. The van der Waals surface area contributed by atoms with Gasteiger partial charge in [0.05, 0.1) is 12.2 Å². The molecule has 1 aromatic carbocycles. The first-order valence-corrected chi connectivity index (χ1v) is 10.6. The van der Waals surface area contributed by atoms with Crippen LogP contribution in [0, 0.1) is 0 Å². The largest absolute Gasteiger partial charge is 0.356 e. The van der Waals surface area contributed by atoms with Crippen LogP contribution >= 0.6 is 23.2 Å². The number of aliphatic imine (C=N–C) groups is 1. The van der Waals surface area contributed by atoms with Crippen LogP contribution in [0.2, 0.25) is 10.0 Å². The summed E-state index contributed by atoms with van der Waals surface area (Å²) in [5.74, 6) is 1.69. The van der Waals surface area contributed by atoms with Crippen molar-refractivity contribution in [3.8, 4) is 0 Å². The highest BCUT2D eigenvalue weighted by atomic mass is 35.5. The lowest BCUT2D eigenvalue weighted by atomic mass is 10.1. The van der Waals surface area contributed by atoms with Gasteiger partial charge in [0.15, 0.2) is 5.96 Å². The molecular weight excluding hydrogens is 421 g/mol. The predicted octanol–water partition coefficient (Wildman–Crippen LogP) is 3.52. The number of rotatable bonds is 9. The Balaban J connectivity index is 1.58. The zero-order chi connectivity index (χ0) is 21.2. The highest BCUT2D eigenvalue weighted by molar-refractivity contribution is 6.35. The first-order chi connectivity index (χ1) is 14.7. The highest BCUT2D eigenvalue weighted by Gasteiger charge is 2.05. The van der Waals surface area contributed by atoms with Crippen LogP contribution in [-0.4, -0.2) is 38.8 Å². The molecule has 2 N–H and O–H groups in total. The topological polar surface area (TPSA) is 80.0 Å². The third-order valence-electron chi connectivity index (χ3n) is 4.48. The normalized spacial score (nSPS) is 11.5. The van der Waals surface area contributed by atoms with Crippen molar-refractivity contribution >= 4 is 29.2 Å². The van der Waals surface area contributed by atoms with Gasteiger partial charge in [0.1, 0.15) is 12.2 Å². The van der Waals surface area contributed by atoms with Gasteiger partial charge in [-0.25, -0.2) is 4.99 Å². The van der Waals surface area contributed by atoms with E-state index in [4.69, 9.17) is 23.2 Å². The van der Waals surface area contributed by atoms with E-state index in [-0.39, 0.29) is 0 Å². The van der Waals surface area contributed by atoms with Crippen LogP contribution in [-0.2, 0) is 25.9 Å². The van der Waals surface area contributed by atoms with E-state index in [2.05, 4.69) is 37.7 Å². The summed E-state index contributed by atoms with van der Waals surface area (Å²) in [6, 6.07) is 11.4. The van der Waals surface area contributed by atoms with Gasteiger partial charge >= 0.3 is 0 Å². The Morgan fingerprint density at radius 2 is 2.00 bits per heavy atom. The zero-order valence-electron chi connectivity index (χ0n) is 16.9. The van der Waals surface area contributed by atoms with Gasteiger partial charge in [0.2, 0.25) is 0 Å². The molecule has 0 fully saturated rings. The Hall–Kier alpha value is -2.64. The molecule has 0 amide bonds. The van der Waals surface area contributed by atoms with Gasteiger partial charge < -0.3 is 15.2 Å². The number of hydrogen-bond donors (Lipinski definition) is 2. The Labute approximate surface area is 186 Å². The summed E-state index contributed by atoms with van der Waals surface area (Å²) in [7, 11) is 0. The van der Waals surface area contributed by atoms with Crippen molar-refractivity contribution in [2.45, 2.75) is 32.9 Å². The number of hydrogen-bond acceptors (Lipinski definition) is 4. The van der Waals surface area contributed by atoms with Crippen LogP contribution in [0.25, 0.3) is 0 Å². The van der Waals surface area contributed by atoms with E-state index in [1.54, 1.807) is 18.6 Å². The van der Waals surface area contributed by atoms with Crippen LogP contribution in [0.1, 0.15) is 24.0 Å². The number of benzene rings is 1. The van der Waals surface area contributed by atoms with Crippen LogP contribution < -0.4 is 10.6 Å². The van der Waals surface area contributed by atoms with E-state index in [1.807, 2.05) is 34.9 Å². The summed E-state index contributed by atoms with van der Waals surface area (Å²) < 4.78 is 2.04. The van der Waals surface area contributed by atoms with Gasteiger partial charge in [-0.1, -0.05) is 42.3 Å². The number of nitrogens with one attached hydrogen (secondary N) is 2. The molecule has 0 radical (unpaired) electrons. The minimum atomic E-state index is 0.491. The Morgan fingerprint density at radius 3 is 2.77 bits per heavy atom. The van der Waals surface area contributed by atoms with Crippen molar-refractivity contribution in [3.05, 3.63) is 76.0 Å². The molecule has 9 heteroatoms. The van der Waals surface area contributed by atoms with Crippen LogP contribution in [0.3, 0.4) is 0 Å². The highest BCUT2D eigenvalue weighted by Crippen LogP contribution is 2.21. The van der Waals surface area contributed by atoms with Crippen molar-refractivity contribution < 1.29 is 0 Å². The average molecular weight is 446 g/mol. The fourth-order valence-electron chi connectivity index (χ4n) is 2.90. The molecule has 3 aromatic rings. The van der Waals surface area contributed by atoms with E-state index in [1.165, 1.54) is 0 Å². The van der Waals surface area contributed by atoms with Gasteiger partial charge in [-0.15, -0.1) is 10.2 Å². The molecular formula is C21H25Cl2N7. The molecule has 0 unspecified atom stereocenters. The maximum atomic E-state index is 6.27. The van der Waals surface area contributed by atoms with Gasteiger partial charge in [0, 0.05) is 42.3 Å². The second kappa shape index (κ2) is 11.5. The molecule has 158 valence electrons. The van der Waals surface area contributed by atoms with Crippen LogP contribution in [0.15, 0.2) is 53.9 Å². The van der Waals surface area contributed by atoms with Crippen molar-refractivity contribution in [3.63, 3.8) is 0 Å². The molecule has 0 bridgehead atoms. The molecule has 2 aromatic heterocycles. The third-order valence-corrected chi connectivity index (χ3v) is 5.07. The lowest BCUT2D eigenvalue weighted by Crippen LogP contribution is -2.40. The molecule has 0 aliphatic rings. The number of guanidine groups is 1. The second-order valence-corrected chi connectivity index (χ2v) is 7.46. The molecule has 0 atom stereocenters. The zero-order valence-corrected chi connectivity index (χ0v) is 18.4. The molecule has 3 rings (SSSR count). The monoisotopic (exact) mass is 445 g/mol. The molecule has 7 nitrogen and oxygen atoms in total. The first-order valence-electron chi connectivity index (χ1n) is 9.88. The third kappa shape index (κ3) is 6.71. The van der Waals surface area contributed by atoms with Crippen molar-refractivity contribution in [2.75, 3.05) is 13.1 Å². The number of aryl methyl sites for hydroxylation is 1. The Kier molecular flexibility index (Phi) is 8.47. The summed E-state index contributed by atoms with van der Waals surface area (Å²) in [6.07, 6.45) is 5.12. The number of aromatic nitrogens is 4. The molecule has 30 heavy (non-hydrogen) atoms. The first kappa shape index (κ1) is 22.1. The smallest absolute Gasteiger partial charge is 0.191 e. The standard InChI is InChI=1S/C21H25Cl2N7/c1-2-20-29-28-15-30(20)12-11-26-21(27-14-18-5-3-4-9-24-18)25-10-8-16-6-7-17(22)13-19(16)23/h3-7,9,13,15H,2,8,10-12,14H2,1H3,(H2,25,26,27). The summed E-state index contributed by atoms with van der Waals surface area (Å²) in [6.45, 7) is 4.69. The minimum absolute atomic E-state index is 0.491. The van der Waals surface area contributed by atoms with Crippen LogP contribution in [0.5, 0.6) is 0 Å². The van der Waals surface area contributed by atoms with E-state index >= 15 is 0 Å². The fourth-order valence-corrected chi connectivity index (χ4v) is 3.40. The second-order valence-electron chi connectivity index (χ2n) is 6.62. The molecule has 0 saturated carbocycles. The summed E-state index contributed by atoms with van der Waals surface area (Å²) in [5, 5.41) is 16.1. The van der Waals surface area contributed by atoms with Gasteiger partial charge in [0.25, 0.3) is 0 Å². The van der Waals surface area contributed by atoms with Crippen molar-refractivity contribution in [1.82, 2.24) is 30.4 Å². The number of pyridine rings is 1. The van der Waals surface area contributed by atoms with Crippen molar-refractivity contribution in [1.29, 1.82) is 0 Å². The average Bonchev–Trinajstić information content (AvgIpc) is 3.21. The number of halogens is 2. The SMILES string of the molecule is CCc1nncn1CCNC(=NCc1ccccn1)NCCc1ccc(Cl)cc1Cl. The molecule has 0 aliphatic carbocycles. The van der Waals surface area contributed by atoms with E-state index in [9.17, 15) is 0 Å². The summed E-state index contributed by atoms with van der Waals surface area (Å²) >= 11 is 12.3. The summed E-state index contributed by atoms with van der Waals surface area (Å²) in [4.78, 5) is 8.99. The quantitative estimate of drug-likeness (QED) is 0.389. The Morgan fingerprint density at radius 1 is 1.13 bits per heavy atom. The summed E-state index contributed by atoms with van der Waals surface area (Å²) in [5.41, 5.74) is 1.95. The number of nitrogens with zero attached hydrogens (tertiary/aromatic N) is 5. The van der Waals surface area contributed by atoms with E-state index in [0.29, 0.717) is 29.7 Å². The fraction of sp³-hybridized carbons (Fsp3) is 0.333. The molecule has 0 aliphatic heterocycles. The molecule has 0 saturated heterocycles. The minimum Gasteiger partial charge on any atom is -0.356 e. The lowest BCUT2D eigenvalue weighted by molar-refractivity contribution is 0.631. The lowest BCUT2D eigenvalue weighted by Gasteiger charge is -2.14. The van der Waals surface area contributed by atoms with Gasteiger partial charge in [-0.3, -0.25) is 4.98 Å². The van der Waals surface area contributed by atoms with Crippen LogP contribution in [0.4, 0.5) is 0 Å². The maximum Gasteiger partial charge on any atom is 0.191 e. The van der Waals surface area contributed by atoms with Crippen molar-refractivity contribution in [2.24, 2.45) is 4.99 Å². The van der Waals surface area contributed by atoms with Gasteiger partial charge in [-0.2, -0.15) is 0 Å². The van der Waals surface area contributed by atoms with Gasteiger partial charge in [-0.05, 0) is 36.2 Å². The predicted molar refractivity (Wildman–Crippen MR) is 121 cm³/mol. The Bertz CT molecular complexity index is 957. The van der Waals surface area contributed by atoms with E-state index in [0.717, 1.165) is 42.4 Å². The molecule has 2 heterocycles.